The average molecular weight is 293 g/mol. The molecule has 1 aliphatic rings. The van der Waals surface area contributed by atoms with Gasteiger partial charge in [-0.05, 0) is 44.2 Å². The van der Waals surface area contributed by atoms with E-state index in [1.807, 2.05) is 6.92 Å². The van der Waals surface area contributed by atoms with Gasteiger partial charge in [0.1, 0.15) is 0 Å². The van der Waals surface area contributed by atoms with Crippen molar-refractivity contribution in [3.8, 4) is 0 Å². The maximum absolute atomic E-state index is 11.8. The second-order valence-corrected chi connectivity index (χ2v) is 5.53. The molecular formula is C14H29ClN2O2. The molecule has 1 heterocycles. The quantitative estimate of drug-likeness (QED) is 0.669. The van der Waals surface area contributed by atoms with Gasteiger partial charge >= 0.3 is 0 Å². The minimum absolute atomic E-state index is 0. The molecule has 0 aromatic heterocycles. The van der Waals surface area contributed by atoms with E-state index in [1.165, 1.54) is 12.8 Å². The minimum Gasteiger partial charge on any atom is -0.391 e. The van der Waals surface area contributed by atoms with Crippen molar-refractivity contribution in [3.63, 3.8) is 0 Å². The van der Waals surface area contributed by atoms with Crippen molar-refractivity contribution in [2.45, 2.75) is 52.1 Å². The van der Waals surface area contributed by atoms with E-state index in [1.54, 1.807) is 0 Å². The molecule has 114 valence electrons. The Morgan fingerprint density at radius 2 is 2.26 bits per heavy atom. The summed E-state index contributed by atoms with van der Waals surface area (Å²) < 4.78 is 0. The molecule has 3 N–H and O–H groups in total. The smallest absolute Gasteiger partial charge is 0.220 e. The summed E-state index contributed by atoms with van der Waals surface area (Å²) in [5.74, 6) is 1.11. The van der Waals surface area contributed by atoms with Gasteiger partial charge in [0.25, 0.3) is 0 Å². The fraction of sp³-hybridized carbons (Fsp3) is 0.929. The first-order valence-corrected chi connectivity index (χ1v) is 7.29. The van der Waals surface area contributed by atoms with Crippen LogP contribution in [-0.2, 0) is 4.79 Å². The van der Waals surface area contributed by atoms with Crippen LogP contribution in [0.3, 0.4) is 0 Å². The van der Waals surface area contributed by atoms with E-state index >= 15 is 0 Å². The number of aliphatic hydroxyl groups is 1. The molecule has 1 aliphatic heterocycles. The zero-order valence-electron chi connectivity index (χ0n) is 12.2. The Morgan fingerprint density at radius 1 is 1.53 bits per heavy atom. The molecule has 0 aliphatic carbocycles. The van der Waals surface area contributed by atoms with Crippen LogP contribution in [0.2, 0.25) is 0 Å². The van der Waals surface area contributed by atoms with E-state index < -0.39 is 6.10 Å². The van der Waals surface area contributed by atoms with Crippen LogP contribution < -0.4 is 10.6 Å². The van der Waals surface area contributed by atoms with E-state index in [-0.39, 0.29) is 18.3 Å². The van der Waals surface area contributed by atoms with Crippen molar-refractivity contribution in [2.24, 2.45) is 11.8 Å². The maximum Gasteiger partial charge on any atom is 0.220 e. The number of hydrogen-bond acceptors (Lipinski definition) is 3. The topological polar surface area (TPSA) is 61.4 Å². The lowest BCUT2D eigenvalue weighted by molar-refractivity contribution is -0.122. The molecule has 0 aromatic carbocycles. The third kappa shape index (κ3) is 7.75. The molecule has 0 aromatic rings. The maximum atomic E-state index is 11.8. The Balaban J connectivity index is 0.00000324. The number of carbonyl (C=O) groups is 1. The molecular weight excluding hydrogens is 264 g/mol. The number of nitrogens with one attached hydrogen (secondary N) is 2. The number of piperidine rings is 1. The van der Waals surface area contributed by atoms with Gasteiger partial charge in [-0.15, -0.1) is 12.4 Å². The highest BCUT2D eigenvalue weighted by Crippen LogP contribution is 2.22. The normalized spacial score (nSPS) is 22.2. The highest BCUT2D eigenvalue weighted by Gasteiger charge is 2.22. The molecule has 1 saturated heterocycles. The van der Waals surface area contributed by atoms with Gasteiger partial charge in [-0.2, -0.15) is 0 Å². The number of rotatable bonds is 7. The summed E-state index contributed by atoms with van der Waals surface area (Å²) in [4.78, 5) is 11.8. The Labute approximate surface area is 123 Å². The van der Waals surface area contributed by atoms with Crippen LogP contribution in [-0.4, -0.2) is 36.8 Å². The summed E-state index contributed by atoms with van der Waals surface area (Å²) in [6.45, 7) is 6.72. The van der Waals surface area contributed by atoms with Crippen LogP contribution in [0.1, 0.15) is 46.0 Å². The predicted molar refractivity (Wildman–Crippen MR) is 80.5 cm³/mol. The van der Waals surface area contributed by atoms with Crippen molar-refractivity contribution in [2.75, 3.05) is 19.6 Å². The van der Waals surface area contributed by atoms with Gasteiger partial charge in [0, 0.05) is 13.0 Å². The van der Waals surface area contributed by atoms with Gasteiger partial charge < -0.3 is 15.7 Å². The first-order chi connectivity index (χ1) is 8.63. The Hall–Kier alpha value is -0.320. The van der Waals surface area contributed by atoms with E-state index in [0.717, 1.165) is 25.9 Å². The number of halogens is 1. The lowest BCUT2D eigenvalue weighted by atomic mass is 9.85. The molecule has 3 unspecified atom stereocenters. The van der Waals surface area contributed by atoms with Crippen LogP contribution in [0.4, 0.5) is 0 Å². The van der Waals surface area contributed by atoms with Gasteiger partial charge in [0.15, 0.2) is 0 Å². The number of aliphatic hydroxyl groups excluding tert-OH is 1. The third-order valence-electron chi connectivity index (χ3n) is 3.80. The molecule has 0 radical (unpaired) electrons. The summed E-state index contributed by atoms with van der Waals surface area (Å²) in [6.07, 6.45) is 4.31. The van der Waals surface area contributed by atoms with E-state index in [2.05, 4.69) is 17.6 Å². The first-order valence-electron chi connectivity index (χ1n) is 7.29. The summed E-state index contributed by atoms with van der Waals surface area (Å²) >= 11 is 0. The number of hydrogen-bond donors (Lipinski definition) is 3. The molecule has 4 nitrogen and oxygen atoms in total. The largest absolute Gasteiger partial charge is 0.391 e. The fourth-order valence-electron chi connectivity index (χ4n) is 2.56. The summed E-state index contributed by atoms with van der Waals surface area (Å²) in [7, 11) is 0. The standard InChI is InChI=1S/C14H28N2O2.ClH/c1-3-5-13(17)10-16-14(18)8-11(2)12-6-4-7-15-9-12;/h11-13,15,17H,3-10H2,1-2H3,(H,16,18);1H. The molecule has 1 amide bonds. The molecule has 0 bridgehead atoms. The van der Waals surface area contributed by atoms with Crippen molar-refractivity contribution in [1.82, 2.24) is 10.6 Å². The molecule has 3 atom stereocenters. The van der Waals surface area contributed by atoms with Gasteiger partial charge in [0.05, 0.1) is 6.10 Å². The van der Waals surface area contributed by atoms with E-state index in [9.17, 15) is 9.90 Å². The Morgan fingerprint density at radius 3 is 2.84 bits per heavy atom. The molecule has 19 heavy (non-hydrogen) atoms. The van der Waals surface area contributed by atoms with E-state index in [4.69, 9.17) is 0 Å². The second kappa shape index (κ2) is 10.5. The highest BCUT2D eigenvalue weighted by atomic mass is 35.5. The van der Waals surface area contributed by atoms with Crippen molar-refractivity contribution >= 4 is 18.3 Å². The minimum atomic E-state index is -0.398. The van der Waals surface area contributed by atoms with Crippen molar-refractivity contribution < 1.29 is 9.90 Å². The number of amides is 1. The Kier molecular flexibility index (Phi) is 10.3. The zero-order valence-corrected chi connectivity index (χ0v) is 13.0. The highest BCUT2D eigenvalue weighted by molar-refractivity contribution is 5.85. The molecule has 5 heteroatoms. The van der Waals surface area contributed by atoms with Crippen LogP contribution in [0.25, 0.3) is 0 Å². The SMILES string of the molecule is CCCC(O)CNC(=O)CC(C)C1CCCNC1.Cl. The molecule has 0 saturated carbocycles. The second-order valence-electron chi connectivity index (χ2n) is 5.53. The van der Waals surface area contributed by atoms with Gasteiger partial charge in [-0.25, -0.2) is 0 Å². The lowest BCUT2D eigenvalue weighted by Gasteiger charge is -2.28. The molecule has 0 spiro atoms. The van der Waals surface area contributed by atoms with Crippen LogP contribution in [0.5, 0.6) is 0 Å². The fourth-order valence-corrected chi connectivity index (χ4v) is 2.56. The molecule has 1 fully saturated rings. The summed E-state index contributed by atoms with van der Waals surface area (Å²) in [5.41, 5.74) is 0. The Bertz CT molecular complexity index is 246. The number of carbonyl (C=O) groups excluding carboxylic acids is 1. The van der Waals surface area contributed by atoms with Gasteiger partial charge in [-0.3, -0.25) is 4.79 Å². The lowest BCUT2D eigenvalue weighted by Crippen LogP contribution is -2.37. The van der Waals surface area contributed by atoms with Crippen LogP contribution >= 0.6 is 12.4 Å². The van der Waals surface area contributed by atoms with Gasteiger partial charge in [0.2, 0.25) is 5.91 Å². The third-order valence-corrected chi connectivity index (χ3v) is 3.80. The summed E-state index contributed by atoms with van der Waals surface area (Å²) in [5, 5.41) is 15.8. The van der Waals surface area contributed by atoms with Crippen LogP contribution in [0, 0.1) is 11.8 Å². The first kappa shape index (κ1) is 18.7. The average Bonchev–Trinajstić information content (AvgIpc) is 2.38. The van der Waals surface area contributed by atoms with E-state index in [0.29, 0.717) is 24.8 Å². The zero-order chi connectivity index (χ0) is 13.4. The van der Waals surface area contributed by atoms with Gasteiger partial charge in [-0.1, -0.05) is 20.3 Å². The van der Waals surface area contributed by atoms with Crippen LogP contribution in [0.15, 0.2) is 0 Å². The molecule has 1 rings (SSSR count). The van der Waals surface area contributed by atoms with Crippen molar-refractivity contribution in [1.29, 1.82) is 0 Å². The predicted octanol–water partition coefficient (Wildman–Crippen LogP) is 1.71. The van der Waals surface area contributed by atoms with Crippen molar-refractivity contribution in [3.05, 3.63) is 0 Å². The summed E-state index contributed by atoms with van der Waals surface area (Å²) in [6, 6.07) is 0. The monoisotopic (exact) mass is 292 g/mol.